The molecule has 0 aliphatic heterocycles. The molecule has 1 aromatic carbocycles. The van der Waals surface area contributed by atoms with Crippen LogP contribution in [0.15, 0.2) is 71.9 Å². The van der Waals surface area contributed by atoms with E-state index < -0.39 is 0 Å². The molecule has 1 saturated carbocycles. The summed E-state index contributed by atoms with van der Waals surface area (Å²) in [5.41, 5.74) is 2.00. The third kappa shape index (κ3) is 2.34. The van der Waals surface area contributed by atoms with Gasteiger partial charge in [-0.3, -0.25) is 4.57 Å². The van der Waals surface area contributed by atoms with Crippen LogP contribution in [0.25, 0.3) is 17.3 Å². The van der Waals surface area contributed by atoms with E-state index in [4.69, 9.17) is 4.52 Å². The number of hydrogen-bond acceptors (Lipinski definition) is 5. The first-order valence-corrected chi connectivity index (χ1v) is 8.20. The van der Waals surface area contributed by atoms with Crippen molar-refractivity contribution < 1.29 is 4.52 Å². The van der Waals surface area contributed by atoms with Crippen molar-refractivity contribution in [1.29, 1.82) is 0 Å². The van der Waals surface area contributed by atoms with E-state index in [9.17, 15) is 0 Å². The summed E-state index contributed by atoms with van der Waals surface area (Å²) < 4.78 is 7.40. The summed E-state index contributed by atoms with van der Waals surface area (Å²) in [4.78, 5) is 13.1. The van der Waals surface area contributed by atoms with Gasteiger partial charge in [-0.05, 0) is 30.5 Å². The molecule has 0 unspecified atom stereocenters. The van der Waals surface area contributed by atoms with Crippen LogP contribution in [0.3, 0.4) is 0 Å². The van der Waals surface area contributed by atoms with E-state index >= 15 is 0 Å². The molecule has 3 aromatic heterocycles. The summed E-state index contributed by atoms with van der Waals surface area (Å²) in [6.07, 6.45) is 9.10. The molecule has 1 aliphatic carbocycles. The van der Waals surface area contributed by atoms with Gasteiger partial charge in [0, 0.05) is 24.2 Å². The fourth-order valence-corrected chi connectivity index (χ4v) is 3.15. The van der Waals surface area contributed by atoms with Crippen LogP contribution < -0.4 is 0 Å². The molecule has 122 valence electrons. The van der Waals surface area contributed by atoms with Crippen molar-refractivity contribution in [2.75, 3.05) is 0 Å². The van der Waals surface area contributed by atoms with E-state index in [-0.39, 0.29) is 5.41 Å². The highest BCUT2D eigenvalue weighted by atomic mass is 16.5. The third-order valence-corrected chi connectivity index (χ3v) is 4.69. The quantitative estimate of drug-likeness (QED) is 0.574. The van der Waals surface area contributed by atoms with Crippen molar-refractivity contribution in [2.24, 2.45) is 0 Å². The standard InChI is InChI=1S/C19H15N5O/c1-2-4-15(5-3-1)19(7-8-19)18-22-17(25-23-18)14-6-9-21-16(12-14)24-11-10-20-13-24/h1-6,9-13H,7-8H2. The van der Waals surface area contributed by atoms with Crippen LogP contribution >= 0.6 is 0 Å². The Labute approximate surface area is 144 Å². The van der Waals surface area contributed by atoms with Crippen molar-refractivity contribution >= 4 is 0 Å². The van der Waals surface area contributed by atoms with Gasteiger partial charge in [-0.25, -0.2) is 9.97 Å². The summed E-state index contributed by atoms with van der Waals surface area (Å²) in [5, 5.41) is 4.27. The molecular formula is C19H15N5O. The predicted octanol–water partition coefficient (Wildman–Crippen LogP) is 3.40. The molecule has 25 heavy (non-hydrogen) atoms. The van der Waals surface area contributed by atoms with Crippen molar-refractivity contribution in [3.63, 3.8) is 0 Å². The first-order chi connectivity index (χ1) is 12.4. The monoisotopic (exact) mass is 329 g/mol. The van der Waals surface area contributed by atoms with Gasteiger partial charge in [0.1, 0.15) is 12.1 Å². The van der Waals surface area contributed by atoms with Crippen molar-refractivity contribution in [2.45, 2.75) is 18.3 Å². The largest absolute Gasteiger partial charge is 0.334 e. The first kappa shape index (κ1) is 14.1. The second-order valence-electron chi connectivity index (χ2n) is 6.24. The molecule has 4 aromatic rings. The van der Waals surface area contributed by atoms with Gasteiger partial charge in [-0.2, -0.15) is 4.98 Å². The van der Waals surface area contributed by atoms with Crippen LogP contribution in [0, 0.1) is 0 Å². The average Bonchev–Trinajstić information content (AvgIpc) is 3.10. The Morgan fingerprint density at radius 2 is 1.92 bits per heavy atom. The molecule has 1 fully saturated rings. The zero-order chi connectivity index (χ0) is 16.7. The maximum absolute atomic E-state index is 5.56. The lowest BCUT2D eigenvalue weighted by atomic mass is 9.95. The van der Waals surface area contributed by atoms with Gasteiger partial charge in [0.25, 0.3) is 5.89 Å². The molecule has 5 rings (SSSR count). The second-order valence-corrected chi connectivity index (χ2v) is 6.24. The highest BCUT2D eigenvalue weighted by Gasteiger charge is 2.49. The Morgan fingerprint density at radius 1 is 1.04 bits per heavy atom. The Morgan fingerprint density at radius 3 is 2.68 bits per heavy atom. The van der Waals surface area contributed by atoms with E-state index in [0.717, 1.165) is 30.0 Å². The lowest BCUT2D eigenvalue weighted by molar-refractivity contribution is 0.418. The van der Waals surface area contributed by atoms with Gasteiger partial charge in [-0.1, -0.05) is 35.5 Å². The molecule has 0 saturated heterocycles. The minimum atomic E-state index is -0.0940. The molecule has 6 nitrogen and oxygen atoms in total. The van der Waals surface area contributed by atoms with Crippen molar-refractivity contribution in [3.05, 3.63) is 78.8 Å². The van der Waals surface area contributed by atoms with Gasteiger partial charge < -0.3 is 4.52 Å². The number of imidazole rings is 1. The molecule has 0 spiro atoms. The Kier molecular flexibility index (Phi) is 3.03. The maximum Gasteiger partial charge on any atom is 0.258 e. The summed E-state index contributed by atoms with van der Waals surface area (Å²) in [6, 6.07) is 14.2. The van der Waals surface area contributed by atoms with E-state index in [1.54, 1.807) is 18.7 Å². The van der Waals surface area contributed by atoms with Crippen LogP contribution in [0.2, 0.25) is 0 Å². The summed E-state index contributed by atoms with van der Waals surface area (Å²) in [6.45, 7) is 0. The minimum Gasteiger partial charge on any atom is -0.334 e. The maximum atomic E-state index is 5.56. The van der Waals surface area contributed by atoms with E-state index in [0.29, 0.717) is 5.89 Å². The van der Waals surface area contributed by atoms with Crippen LogP contribution in [-0.2, 0) is 5.41 Å². The van der Waals surface area contributed by atoms with E-state index in [2.05, 4.69) is 44.4 Å². The molecule has 0 atom stereocenters. The van der Waals surface area contributed by atoms with Crippen LogP contribution in [0.1, 0.15) is 24.2 Å². The topological polar surface area (TPSA) is 69.6 Å². The summed E-state index contributed by atoms with van der Waals surface area (Å²) >= 11 is 0. The van der Waals surface area contributed by atoms with Crippen molar-refractivity contribution in [1.82, 2.24) is 24.7 Å². The van der Waals surface area contributed by atoms with Gasteiger partial charge in [0.05, 0.1) is 5.41 Å². The molecule has 0 bridgehead atoms. The highest BCUT2D eigenvalue weighted by Crippen LogP contribution is 2.52. The molecule has 0 N–H and O–H groups in total. The lowest BCUT2D eigenvalue weighted by Crippen LogP contribution is -2.10. The molecule has 3 heterocycles. The highest BCUT2D eigenvalue weighted by molar-refractivity contribution is 5.55. The van der Waals surface area contributed by atoms with Crippen LogP contribution in [-0.4, -0.2) is 24.7 Å². The number of aromatic nitrogens is 5. The zero-order valence-electron chi connectivity index (χ0n) is 13.4. The normalized spacial score (nSPS) is 15.2. The number of pyridine rings is 1. The van der Waals surface area contributed by atoms with E-state index in [1.165, 1.54) is 5.56 Å². The fourth-order valence-electron chi connectivity index (χ4n) is 3.15. The van der Waals surface area contributed by atoms with Crippen LogP contribution in [0.4, 0.5) is 0 Å². The minimum absolute atomic E-state index is 0.0940. The van der Waals surface area contributed by atoms with E-state index in [1.807, 2.05) is 29.0 Å². The SMILES string of the molecule is c1ccc(C2(c3noc(-c4ccnc(-n5ccnc5)c4)n3)CC2)cc1. The molecule has 1 aliphatic rings. The second kappa shape index (κ2) is 5.37. The Bertz CT molecular complexity index is 1000. The summed E-state index contributed by atoms with van der Waals surface area (Å²) in [5.74, 6) is 2.04. The number of hydrogen-bond donors (Lipinski definition) is 0. The Hall–Kier alpha value is -3.28. The Balaban J connectivity index is 1.51. The lowest BCUT2D eigenvalue weighted by Gasteiger charge is -2.10. The molecule has 6 heteroatoms. The smallest absolute Gasteiger partial charge is 0.258 e. The number of rotatable bonds is 4. The van der Waals surface area contributed by atoms with Crippen molar-refractivity contribution in [3.8, 4) is 17.3 Å². The first-order valence-electron chi connectivity index (χ1n) is 8.20. The van der Waals surface area contributed by atoms with Gasteiger partial charge in [-0.15, -0.1) is 0 Å². The van der Waals surface area contributed by atoms with Gasteiger partial charge >= 0.3 is 0 Å². The fraction of sp³-hybridized carbons (Fsp3) is 0.158. The number of benzene rings is 1. The molecule has 0 amide bonds. The summed E-state index contributed by atoms with van der Waals surface area (Å²) in [7, 11) is 0. The van der Waals surface area contributed by atoms with Crippen LogP contribution in [0.5, 0.6) is 0 Å². The average molecular weight is 329 g/mol. The third-order valence-electron chi connectivity index (χ3n) is 4.69. The van der Waals surface area contributed by atoms with Gasteiger partial charge in [0.2, 0.25) is 0 Å². The van der Waals surface area contributed by atoms with Gasteiger partial charge in [0.15, 0.2) is 5.82 Å². The zero-order valence-corrected chi connectivity index (χ0v) is 13.4. The molecule has 0 radical (unpaired) electrons. The predicted molar refractivity (Wildman–Crippen MR) is 91.1 cm³/mol. The number of nitrogens with zero attached hydrogens (tertiary/aromatic N) is 5. The molecular weight excluding hydrogens is 314 g/mol.